The third kappa shape index (κ3) is 1.55. The average Bonchev–Trinajstić information content (AvgIpc) is 2.37. The molecular formula is C6H7O2S. The number of ketones is 1. The topological polar surface area (TPSA) is 34.1 Å². The lowest BCUT2D eigenvalue weighted by atomic mass is 10.2. The molecule has 1 heterocycles. The monoisotopic (exact) mass is 143 g/mol. The first-order valence-corrected chi connectivity index (χ1v) is 3.93. The average molecular weight is 143 g/mol. The molecule has 0 spiro atoms. The van der Waals surface area contributed by atoms with Gasteiger partial charge in [-0.15, -0.1) is 0 Å². The van der Waals surface area contributed by atoms with Gasteiger partial charge < -0.3 is 0 Å². The van der Waals surface area contributed by atoms with Gasteiger partial charge >= 0.3 is 0 Å². The van der Waals surface area contributed by atoms with Crippen LogP contribution in [0.3, 0.4) is 0 Å². The van der Waals surface area contributed by atoms with Gasteiger partial charge in [0.05, 0.1) is 5.25 Å². The summed E-state index contributed by atoms with van der Waals surface area (Å²) in [5, 5.41) is -0.0671. The second-order valence-electron chi connectivity index (χ2n) is 1.97. The van der Waals surface area contributed by atoms with Gasteiger partial charge in [0.1, 0.15) is 0 Å². The van der Waals surface area contributed by atoms with Crippen molar-refractivity contribution in [2.24, 2.45) is 0 Å². The first-order chi connectivity index (χ1) is 4.34. The minimum absolute atomic E-state index is 0.0671. The zero-order valence-electron chi connectivity index (χ0n) is 4.92. The summed E-state index contributed by atoms with van der Waals surface area (Å²) in [6.07, 6.45) is 3.32. The summed E-state index contributed by atoms with van der Waals surface area (Å²) in [5.74, 6) is 0.649. The van der Waals surface area contributed by atoms with E-state index in [1.165, 1.54) is 6.29 Å². The Kier molecular flexibility index (Phi) is 2.28. The largest absolute Gasteiger partial charge is 0.289 e. The highest BCUT2D eigenvalue weighted by Crippen LogP contribution is 2.25. The molecule has 1 rings (SSSR count). The number of carbonyl (C=O) groups is 1. The van der Waals surface area contributed by atoms with E-state index in [0.29, 0.717) is 0 Å². The van der Waals surface area contributed by atoms with Crippen LogP contribution in [0.15, 0.2) is 0 Å². The Morgan fingerprint density at radius 1 is 1.67 bits per heavy atom. The molecule has 1 unspecified atom stereocenters. The minimum atomic E-state index is -0.363. The van der Waals surface area contributed by atoms with Crippen LogP contribution in [0.5, 0.6) is 0 Å². The van der Waals surface area contributed by atoms with Crippen molar-refractivity contribution in [2.45, 2.75) is 18.1 Å². The molecule has 0 aromatic carbocycles. The Hall–Kier alpha value is -0.310. The highest BCUT2D eigenvalue weighted by Gasteiger charge is 2.22. The SMILES string of the molecule is O=[C]C(=O)C1CCCS1. The quantitative estimate of drug-likeness (QED) is 0.530. The molecule has 2 nitrogen and oxygen atoms in total. The molecule has 1 atom stereocenters. The predicted octanol–water partition coefficient (Wildman–Crippen LogP) is 0.561. The number of Topliss-reactive ketones (excluding diaryl/α,β-unsaturated/α-hetero) is 1. The zero-order valence-corrected chi connectivity index (χ0v) is 5.74. The Balaban J connectivity index is 2.41. The summed E-state index contributed by atoms with van der Waals surface area (Å²) < 4.78 is 0. The van der Waals surface area contributed by atoms with Gasteiger partial charge in [0, 0.05) is 0 Å². The van der Waals surface area contributed by atoms with Crippen LogP contribution in [0.1, 0.15) is 12.8 Å². The molecule has 0 aromatic heterocycles. The Morgan fingerprint density at radius 3 is 2.89 bits per heavy atom. The zero-order chi connectivity index (χ0) is 6.69. The maximum Gasteiger partial charge on any atom is 0.273 e. The van der Waals surface area contributed by atoms with E-state index in [2.05, 4.69) is 0 Å². The van der Waals surface area contributed by atoms with Crippen molar-refractivity contribution in [3.05, 3.63) is 0 Å². The van der Waals surface area contributed by atoms with Crippen LogP contribution in [0.25, 0.3) is 0 Å². The van der Waals surface area contributed by atoms with Crippen molar-refractivity contribution in [3.63, 3.8) is 0 Å². The highest BCUT2D eigenvalue weighted by molar-refractivity contribution is 8.00. The molecule has 0 saturated carbocycles. The van der Waals surface area contributed by atoms with Gasteiger partial charge in [-0.3, -0.25) is 9.59 Å². The van der Waals surface area contributed by atoms with Crippen LogP contribution >= 0.6 is 11.8 Å². The Bertz CT molecular complexity index is 127. The molecule has 3 heteroatoms. The molecule has 0 N–H and O–H groups in total. The number of rotatable bonds is 2. The summed E-state index contributed by atoms with van der Waals surface area (Å²) in [6.45, 7) is 0. The minimum Gasteiger partial charge on any atom is -0.289 e. The molecule has 1 aliphatic heterocycles. The molecule has 1 radical (unpaired) electrons. The molecular weight excluding hydrogens is 136 g/mol. The van der Waals surface area contributed by atoms with Gasteiger partial charge in [-0.2, -0.15) is 11.8 Å². The van der Waals surface area contributed by atoms with Crippen molar-refractivity contribution in [3.8, 4) is 0 Å². The van der Waals surface area contributed by atoms with Crippen LogP contribution in [0.2, 0.25) is 0 Å². The number of hydrogen-bond donors (Lipinski definition) is 0. The third-order valence-electron chi connectivity index (χ3n) is 1.32. The molecule has 1 saturated heterocycles. The number of hydrogen-bond acceptors (Lipinski definition) is 3. The molecule has 1 aliphatic rings. The van der Waals surface area contributed by atoms with Gasteiger partial charge in [0.25, 0.3) is 6.29 Å². The summed E-state index contributed by atoms with van der Waals surface area (Å²) in [7, 11) is 0. The predicted molar refractivity (Wildman–Crippen MR) is 36.2 cm³/mol. The molecule has 49 valence electrons. The fourth-order valence-electron chi connectivity index (χ4n) is 0.850. The first-order valence-electron chi connectivity index (χ1n) is 2.88. The fraction of sp³-hybridized carbons (Fsp3) is 0.667. The third-order valence-corrected chi connectivity index (χ3v) is 2.70. The van der Waals surface area contributed by atoms with Gasteiger partial charge in [-0.1, -0.05) is 0 Å². The molecule has 0 bridgehead atoms. The molecule has 0 amide bonds. The molecule has 0 aromatic rings. The maximum absolute atomic E-state index is 10.6. The Labute approximate surface area is 58.0 Å². The van der Waals surface area contributed by atoms with Gasteiger partial charge in [0.15, 0.2) is 0 Å². The van der Waals surface area contributed by atoms with E-state index in [1.807, 2.05) is 0 Å². The van der Waals surface area contributed by atoms with Crippen molar-refractivity contribution < 1.29 is 9.59 Å². The smallest absolute Gasteiger partial charge is 0.273 e. The summed E-state index contributed by atoms with van der Waals surface area (Å²) in [4.78, 5) is 20.4. The lowest BCUT2D eigenvalue weighted by molar-refractivity contribution is -0.112. The second-order valence-corrected chi connectivity index (χ2v) is 3.28. The summed E-state index contributed by atoms with van der Waals surface area (Å²) in [6, 6.07) is 0. The lowest BCUT2D eigenvalue weighted by Gasteiger charge is -1.96. The number of carbonyl (C=O) groups excluding carboxylic acids is 2. The lowest BCUT2D eigenvalue weighted by Crippen LogP contribution is -2.14. The van der Waals surface area contributed by atoms with E-state index in [-0.39, 0.29) is 11.0 Å². The van der Waals surface area contributed by atoms with Crippen LogP contribution in [0.4, 0.5) is 0 Å². The van der Waals surface area contributed by atoms with E-state index in [1.54, 1.807) is 11.8 Å². The van der Waals surface area contributed by atoms with E-state index in [0.717, 1.165) is 18.6 Å². The van der Waals surface area contributed by atoms with E-state index >= 15 is 0 Å². The Morgan fingerprint density at radius 2 is 2.44 bits per heavy atom. The van der Waals surface area contributed by atoms with Gasteiger partial charge in [-0.25, -0.2) is 0 Å². The fourth-order valence-corrected chi connectivity index (χ4v) is 2.00. The van der Waals surface area contributed by atoms with E-state index in [4.69, 9.17) is 0 Å². The van der Waals surface area contributed by atoms with E-state index in [9.17, 15) is 9.59 Å². The van der Waals surface area contributed by atoms with Crippen molar-refractivity contribution in [1.82, 2.24) is 0 Å². The van der Waals surface area contributed by atoms with Crippen molar-refractivity contribution in [2.75, 3.05) is 5.75 Å². The molecule has 9 heavy (non-hydrogen) atoms. The molecule has 1 fully saturated rings. The van der Waals surface area contributed by atoms with Crippen LogP contribution in [0, 0.1) is 0 Å². The van der Waals surface area contributed by atoms with Gasteiger partial charge in [0.2, 0.25) is 5.78 Å². The van der Waals surface area contributed by atoms with Crippen LogP contribution in [-0.2, 0) is 9.59 Å². The second kappa shape index (κ2) is 3.01. The van der Waals surface area contributed by atoms with Gasteiger partial charge in [-0.05, 0) is 18.6 Å². The maximum atomic E-state index is 10.6. The number of thioether (sulfide) groups is 1. The summed E-state index contributed by atoms with van der Waals surface area (Å²) in [5.41, 5.74) is 0. The van der Waals surface area contributed by atoms with E-state index < -0.39 is 0 Å². The van der Waals surface area contributed by atoms with Crippen LogP contribution < -0.4 is 0 Å². The van der Waals surface area contributed by atoms with Crippen molar-refractivity contribution >= 4 is 23.8 Å². The van der Waals surface area contributed by atoms with Crippen molar-refractivity contribution in [1.29, 1.82) is 0 Å². The van der Waals surface area contributed by atoms with Crippen LogP contribution in [-0.4, -0.2) is 23.1 Å². The normalized spacial score (nSPS) is 26.0. The first kappa shape index (κ1) is 6.81. The molecule has 0 aliphatic carbocycles. The summed E-state index contributed by atoms with van der Waals surface area (Å²) >= 11 is 1.56. The highest BCUT2D eigenvalue weighted by atomic mass is 32.2. The standard InChI is InChI=1S/C6H7O2S/c7-4-5(8)6-2-1-3-9-6/h6H,1-3H2.